The van der Waals surface area contributed by atoms with Crippen LogP contribution in [0.1, 0.15) is 40.5 Å². The molecule has 0 aromatic carbocycles. The predicted octanol–water partition coefficient (Wildman–Crippen LogP) is 2.87. The van der Waals surface area contributed by atoms with Crippen LogP contribution < -0.4 is 0 Å². The number of fused-ring (bicyclic) bond motifs is 2. The fourth-order valence-corrected chi connectivity index (χ4v) is 3.98. The first-order valence-electron chi connectivity index (χ1n) is 6.06. The predicted molar refractivity (Wildman–Crippen MR) is 59.3 cm³/mol. The van der Waals surface area contributed by atoms with Crippen molar-refractivity contribution in [3.05, 3.63) is 0 Å². The zero-order chi connectivity index (χ0) is 11.2. The highest BCUT2D eigenvalue weighted by Crippen LogP contribution is 2.63. The molecule has 3 aliphatic rings. The van der Waals surface area contributed by atoms with Gasteiger partial charge in [0.05, 0.1) is 6.61 Å². The Morgan fingerprint density at radius 2 is 2.00 bits per heavy atom. The molecule has 0 spiro atoms. The van der Waals surface area contributed by atoms with Crippen LogP contribution >= 0.6 is 0 Å². The van der Waals surface area contributed by atoms with E-state index in [-0.39, 0.29) is 5.97 Å². The van der Waals surface area contributed by atoms with Crippen molar-refractivity contribution in [2.75, 3.05) is 6.61 Å². The molecular formula is C13H22O2. The quantitative estimate of drug-likeness (QED) is 0.655. The molecule has 3 fully saturated rings. The minimum absolute atomic E-state index is 0.137. The van der Waals surface area contributed by atoms with E-state index in [2.05, 4.69) is 20.8 Å². The molecule has 0 radical (unpaired) electrons. The van der Waals surface area contributed by atoms with Gasteiger partial charge < -0.3 is 4.74 Å². The molecule has 0 aliphatic heterocycles. The highest BCUT2D eigenvalue weighted by molar-refractivity contribution is 5.65. The first-order valence-corrected chi connectivity index (χ1v) is 6.06. The van der Waals surface area contributed by atoms with Crippen molar-refractivity contribution in [3.8, 4) is 0 Å². The Kier molecular flexibility index (Phi) is 2.56. The second-order valence-corrected chi connectivity index (χ2v) is 6.05. The molecule has 0 saturated heterocycles. The minimum Gasteiger partial charge on any atom is -0.466 e. The van der Waals surface area contributed by atoms with Gasteiger partial charge in [-0.1, -0.05) is 20.8 Å². The maximum absolute atomic E-state index is 10.8. The summed E-state index contributed by atoms with van der Waals surface area (Å²) in [6.07, 6.45) is 2.59. The molecule has 0 aromatic heterocycles. The normalized spacial score (nSPS) is 41.9. The average Bonchev–Trinajstić information content (AvgIpc) is 2.13. The Labute approximate surface area is 92.4 Å². The molecule has 2 heteroatoms. The SMILES string of the molecule is CC(=O)OCC1C[C@@H](C)[C@@H]2C[C@H]1C2(C)C. The number of hydrogen-bond donors (Lipinski definition) is 0. The van der Waals surface area contributed by atoms with Gasteiger partial charge in [0.25, 0.3) is 0 Å². The second-order valence-electron chi connectivity index (χ2n) is 6.05. The van der Waals surface area contributed by atoms with E-state index in [4.69, 9.17) is 4.74 Å². The van der Waals surface area contributed by atoms with E-state index in [1.807, 2.05) is 0 Å². The Balaban J connectivity index is 1.98. The van der Waals surface area contributed by atoms with Gasteiger partial charge in [0, 0.05) is 6.92 Å². The molecule has 86 valence electrons. The zero-order valence-electron chi connectivity index (χ0n) is 10.2. The zero-order valence-corrected chi connectivity index (χ0v) is 10.2. The van der Waals surface area contributed by atoms with Crippen molar-refractivity contribution >= 4 is 5.97 Å². The van der Waals surface area contributed by atoms with Crippen LogP contribution in [0.2, 0.25) is 0 Å². The van der Waals surface area contributed by atoms with E-state index < -0.39 is 0 Å². The second kappa shape index (κ2) is 3.50. The van der Waals surface area contributed by atoms with Crippen molar-refractivity contribution in [1.29, 1.82) is 0 Å². The first-order chi connectivity index (χ1) is 6.93. The number of carbonyl (C=O) groups is 1. The van der Waals surface area contributed by atoms with E-state index in [0.29, 0.717) is 17.9 Å². The molecule has 15 heavy (non-hydrogen) atoms. The molecule has 3 rings (SSSR count). The molecule has 4 atom stereocenters. The van der Waals surface area contributed by atoms with Gasteiger partial charge >= 0.3 is 5.97 Å². The summed E-state index contributed by atoms with van der Waals surface area (Å²) < 4.78 is 5.18. The largest absolute Gasteiger partial charge is 0.466 e. The van der Waals surface area contributed by atoms with Crippen molar-refractivity contribution < 1.29 is 9.53 Å². The van der Waals surface area contributed by atoms with E-state index in [1.54, 1.807) is 0 Å². The van der Waals surface area contributed by atoms with Crippen molar-refractivity contribution in [3.63, 3.8) is 0 Å². The van der Waals surface area contributed by atoms with Crippen LogP contribution in [0.4, 0.5) is 0 Å². The van der Waals surface area contributed by atoms with Crippen LogP contribution in [-0.4, -0.2) is 12.6 Å². The number of esters is 1. The fourth-order valence-electron chi connectivity index (χ4n) is 3.98. The number of rotatable bonds is 2. The summed E-state index contributed by atoms with van der Waals surface area (Å²) in [5.74, 6) is 2.94. The topological polar surface area (TPSA) is 26.3 Å². The van der Waals surface area contributed by atoms with Gasteiger partial charge in [-0.05, 0) is 41.9 Å². The smallest absolute Gasteiger partial charge is 0.302 e. The van der Waals surface area contributed by atoms with Crippen molar-refractivity contribution in [1.82, 2.24) is 0 Å². The van der Waals surface area contributed by atoms with E-state index in [0.717, 1.165) is 17.8 Å². The van der Waals surface area contributed by atoms with Gasteiger partial charge in [0.1, 0.15) is 0 Å². The molecule has 0 heterocycles. The van der Waals surface area contributed by atoms with E-state index in [9.17, 15) is 4.79 Å². The van der Waals surface area contributed by atoms with Gasteiger partial charge in [-0.25, -0.2) is 0 Å². The van der Waals surface area contributed by atoms with Crippen LogP contribution in [-0.2, 0) is 9.53 Å². The van der Waals surface area contributed by atoms with Crippen molar-refractivity contribution in [2.24, 2.45) is 29.1 Å². The molecular weight excluding hydrogens is 188 g/mol. The Morgan fingerprint density at radius 3 is 2.47 bits per heavy atom. The minimum atomic E-state index is -0.137. The van der Waals surface area contributed by atoms with Crippen LogP contribution in [0.5, 0.6) is 0 Å². The summed E-state index contributed by atoms with van der Waals surface area (Å²) in [6, 6.07) is 0. The third-order valence-electron chi connectivity index (χ3n) is 4.85. The van der Waals surface area contributed by atoms with Crippen LogP contribution in [0.15, 0.2) is 0 Å². The van der Waals surface area contributed by atoms with Gasteiger partial charge in [-0.2, -0.15) is 0 Å². The molecule has 1 unspecified atom stereocenters. The molecule has 3 saturated carbocycles. The highest BCUT2D eigenvalue weighted by atomic mass is 16.5. The van der Waals surface area contributed by atoms with Gasteiger partial charge in [-0.3, -0.25) is 4.79 Å². The Hall–Kier alpha value is -0.530. The molecule has 0 N–H and O–H groups in total. The summed E-state index contributed by atoms with van der Waals surface area (Å²) in [6.45, 7) is 9.24. The lowest BCUT2D eigenvalue weighted by Crippen LogP contribution is -2.56. The monoisotopic (exact) mass is 210 g/mol. The summed E-state index contributed by atoms with van der Waals surface area (Å²) in [4.78, 5) is 10.8. The molecule has 0 aromatic rings. The Morgan fingerprint density at radius 1 is 1.33 bits per heavy atom. The van der Waals surface area contributed by atoms with Crippen LogP contribution in [0, 0.1) is 29.1 Å². The van der Waals surface area contributed by atoms with Crippen molar-refractivity contribution in [2.45, 2.75) is 40.5 Å². The van der Waals surface area contributed by atoms with Gasteiger partial charge in [-0.15, -0.1) is 0 Å². The third-order valence-corrected chi connectivity index (χ3v) is 4.85. The molecule has 3 aliphatic carbocycles. The van der Waals surface area contributed by atoms with Crippen LogP contribution in [0.3, 0.4) is 0 Å². The summed E-state index contributed by atoms with van der Waals surface area (Å²) in [5.41, 5.74) is 0.475. The lowest BCUT2D eigenvalue weighted by Gasteiger charge is -2.62. The lowest BCUT2D eigenvalue weighted by atomic mass is 9.43. The maximum Gasteiger partial charge on any atom is 0.302 e. The summed E-state index contributed by atoms with van der Waals surface area (Å²) in [5, 5.41) is 0. The number of hydrogen-bond acceptors (Lipinski definition) is 2. The van der Waals surface area contributed by atoms with E-state index >= 15 is 0 Å². The standard InChI is InChI=1S/C13H22O2/c1-8-5-10(7-15-9(2)14)12-6-11(8)13(12,3)4/h8,10-12H,5-7H2,1-4H3/t8-,10?,11+,12-/m1/s1. The first kappa shape index (κ1) is 11.0. The summed E-state index contributed by atoms with van der Waals surface area (Å²) in [7, 11) is 0. The lowest BCUT2D eigenvalue weighted by molar-refractivity contribution is -0.164. The van der Waals surface area contributed by atoms with E-state index in [1.165, 1.54) is 19.8 Å². The number of ether oxygens (including phenoxy) is 1. The molecule has 0 amide bonds. The van der Waals surface area contributed by atoms with Gasteiger partial charge in [0.15, 0.2) is 0 Å². The fraction of sp³-hybridized carbons (Fsp3) is 0.923. The number of carbonyl (C=O) groups excluding carboxylic acids is 1. The summed E-state index contributed by atoms with van der Waals surface area (Å²) >= 11 is 0. The Bertz CT molecular complexity index is 270. The third kappa shape index (κ3) is 1.68. The van der Waals surface area contributed by atoms with Crippen LogP contribution in [0.25, 0.3) is 0 Å². The maximum atomic E-state index is 10.8. The average molecular weight is 210 g/mol. The highest BCUT2D eigenvalue weighted by Gasteiger charge is 2.57. The van der Waals surface area contributed by atoms with Gasteiger partial charge in [0.2, 0.25) is 0 Å². The molecule has 2 nitrogen and oxygen atoms in total. The molecule has 2 bridgehead atoms.